The fraction of sp³-hybridized carbons (Fsp3) is 0.350. The van der Waals surface area contributed by atoms with Crippen LogP contribution >= 0.6 is 11.6 Å². The Morgan fingerprint density at radius 3 is 2.64 bits per heavy atom. The van der Waals surface area contributed by atoms with Gasteiger partial charge < -0.3 is 5.32 Å². The van der Waals surface area contributed by atoms with E-state index < -0.39 is 21.8 Å². The average molecular weight is 425 g/mol. The third kappa shape index (κ3) is 5.10. The van der Waals surface area contributed by atoms with Crippen molar-refractivity contribution >= 4 is 33.2 Å². The molecule has 0 aromatic heterocycles. The molecule has 0 radical (unpaired) electrons. The largest absolute Gasteiger partial charge is 0.326 e. The van der Waals surface area contributed by atoms with Crippen LogP contribution in [-0.4, -0.2) is 31.7 Å². The van der Waals surface area contributed by atoms with Crippen molar-refractivity contribution in [2.75, 3.05) is 18.4 Å². The molecule has 0 saturated carbocycles. The zero-order chi connectivity index (χ0) is 20.3. The summed E-state index contributed by atoms with van der Waals surface area (Å²) in [7, 11) is -3.59. The number of carbonyl (C=O) groups excluding carboxylic acids is 1. The molecule has 5 nitrogen and oxygen atoms in total. The predicted molar refractivity (Wildman–Crippen MR) is 108 cm³/mol. The lowest BCUT2D eigenvalue weighted by atomic mass is 9.98. The zero-order valence-electron chi connectivity index (χ0n) is 15.5. The van der Waals surface area contributed by atoms with Gasteiger partial charge in [0.2, 0.25) is 15.9 Å². The van der Waals surface area contributed by atoms with Gasteiger partial charge in [0.15, 0.2) is 0 Å². The van der Waals surface area contributed by atoms with Gasteiger partial charge in [0.1, 0.15) is 5.82 Å². The summed E-state index contributed by atoms with van der Waals surface area (Å²) >= 11 is 6.09. The number of hydrogen-bond acceptors (Lipinski definition) is 3. The number of sulfonamides is 1. The Morgan fingerprint density at radius 1 is 1.25 bits per heavy atom. The van der Waals surface area contributed by atoms with Crippen molar-refractivity contribution in [1.82, 2.24) is 4.31 Å². The Bertz CT molecular complexity index is 964. The van der Waals surface area contributed by atoms with Crippen molar-refractivity contribution in [3.05, 3.63) is 64.4 Å². The molecule has 2 aromatic rings. The summed E-state index contributed by atoms with van der Waals surface area (Å²) in [6.45, 7) is 2.39. The number of piperidine rings is 1. The maximum Gasteiger partial charge on any atom is 0.228 e. The Balaban J connectivity index is 1.66. The van der Waals surface area contributed by atoms with Crippen LogP contribution < -0.4 is 5.32 Å². The highest BCUT2D eigenvalue weighted by Gasteiger charge is 2.32. The fourth-order valence-corrected chi connectivity index (χ4v) is 5.00. The number of anilines is 1. The minimum absolute atomic E-state index is 0.134. The molecule has 1 atom stereocenters. The number of nitrogens with zero attached hydrogens (tertiary/aromatic N) is 1. The van der Waals surface area contributed by atoms with Crippen LogP contribution in [0.15, 0.2) is 42.5 Å². The normalized spacial score (nSPS) is 18.0. The number of nitrogens with one attached hydrogen (secondary N) is 1. The lowest BCUT2D eigenvalue weighted by Crippen LogP contribution is -2.44. The minimum Gasteiger partial charge on any atom is -0.326 e. The second-order valence-corrected chi connectivity index (χ2v) is 9.41. The Morgan fingerprint density at radius 2 is 1.96 bits per heavy atom. The molecule has 1 aliphatic rings. The molecular weight excluding hydrogens is 403 g/mol. The minimum atomic E-state index is -3.59. The van der Waals surface area contributed by atoms with Crippen LogP contribution in [-0.2, 0) is 20.6 Å². The van der Waals surface area contributed by atoms with E-state index in [4.69, 9.17) is 11.6 Å². The first kappa shape index (κ1) is 20.8. The van der Waals surface area contributed by atoms with E-state index in [1.54, 1.807) is 12.1 Å². The van der Waals surface area contributed by atoms with Gasteiger partial charge in [0.25, 0.3) is 0 Å². The van der Waals surface area contributed by atoms with Crippen molar-refractivity contribution in [2.24, 2.45) is 5.92 Å². The summed E-state index contributed by atoms with van der Waals surface area (Å²) in [4.78, 5) is 12.6. The van der Waals surface area contributed by atoms with Crippen LogP contribution in [0.2, 0.25) is 5.02 Å². The molecule has 3 rings (SSSR count). The van der Waals surface area contributed by atoms with Gasteiger partial charge in [-0.05, 0) is 55.2 Å². The van der Waals surface area contributed by atoms with E-state index >= 15 is 0 Å². The van der Waals surface area contributed by atoms with Gasteiger partial charge in [-0.2, -0.15) is 0 Å². The van der Waals surface area contributed by atoms with Crippen molar-refractivity contribution < 1.29 is 17.6 Å². The monoisotopic (exact) mass is 424 g/mol. The van der Waals surface area contributed by atoms with Gasteiger partial charge in [-0.1, -0.05) is 29.8 Å². The van der Waals surface area contributed by atoms with Crippen LogP contribution in [0.1, 0.15) is 24.0 Å². The lowest BCUT2D eigenvalue weighted by Gasteiger charge is -2.31. The maximum atomic E-state index is 13.0. The summed E-state index contributed by atoms with van der Waals surface area (Å²) in [6, 6.07) is 10.7. The average Bonchev–Trinajstić information content (AvgIpc) is 2.66. The molecule has 1 aliphatic heterocycles. The number of amides is 1. The fourth-order valence-electron chi connectivity index (χ4n) is 3.21. The molecule has 0 aliphatic carbocycles. The van der Waals surface area contributed by atoms with E-state index in [0.29, 0.717) is 35.7 Å². The molecule has 1 N–H and O–H groups in total. The highest BCUT2D eigenvalue weighted by Crippen LogP contribution is 2.24. The van der Waals surface area contributed by atoms with Crippen LogP contribution in [0.25, 0.3) is 0 Å². The molecule has 1 heterocycles. The van der Waals surface area contributed by atoms with Gasteiger partial charge in [0.05, 0.1) is 11.7 Å². The Hall–Kier alpha value is -1.96. The van der Waals surface area contributed by atoms with Crippen molar-refractivity contribution in [2.45, 2.75) is 25.5 Å². The second kappa shape index (κ2) is 8.59. The SMILES string of the molecule is Cc1ccc(NC(=O)C2CCCN(S(=O)(=O)Cc3ccc(F)cc3)C2)cc1Cl. The standard InChI is InChI=1S/C20H22ClFN2O3S/c1-14-4-9-18(11-19(14)21)23-20(25)16-3-2-10-24(12-16)28(26,27)13-15-5-7-17(22)8-6-15/h4-9,11,16H,2-3,10,12-13H2,1H3,(H,23,25). The molecule has 8 heteroatoms. The van der Waals surface area contributed by atoms with Crippen LogP contribution in [0, 0.1) is 18.7 Å². The quantitative estimate of drug-likeness (QED) is 0.789. The first-order chi connectivity index (χ1) is 13.2. The van der Waals surface area contributed by atoms with E-state index in [1.165, 1.54) is 28.6 Å². The summed E-state index contributed by atoms with van der Waals surface area (Å²) in [5.74, 6) is -1.28. The number of carbonyl (C=O) groups is 1. The molecule has 1 saturated heterocycles. The van der Waals surface area contributed by atoms with Gasteiger partial charge in [-0.15, -0.1) is 0 Å². The molecule has 1 fully saturated rings. The summed E-state index contributed by atoms with van der Waals surface area (Å²) < 4.78 is 39.8. The number of benzene rings is 2. The first-order valence-corrected chi connectivity index (χ1v) is 11.0. The molecular formula is C20H22ClFN2O3S. The lowest BCUT2D eigenvalue weighted by molar-refractivity contribution is -0.120. The van der Waals surface area contributed by atoms with Crippen molar-refractivity contribution in [3.8, 4) is 0 Å². The first-order valence-electron chi connectivity index (χ1n) is 9.04. The molecule has 28 heavy (non-hydrogen) atoms. The number of aryl methyl sites for hydroxylation is 1. The highest BCUT2D eigenvalue weighted by molar-refractivity contribution is 7.88. The second-order valence-electron chi connectivity index (χ2n) is 7.03. The van der Waals surface area contributed by atoms with Gasteiger partial charge in [0, 0.05) is 23.8 Å². The van der Waals surface area contributed by atoms with Gasteiger partial charge in [-0.25, -0.2) is 17.1 Å². The number of hydrogen-bond donors (Lipinski definition) is 1. The van der Waals surface area contributed by atoms with E-state index in [1.807, 2.05) is 13.0 Å². The zero-order valence-corrected chi connectivity index (χ0v) is 17.1. The molecule has 2 aromatic carbocycles. The predicted octanol–water partition coefficient (Wildman–Crippen LogP) is 3.97. The van der Waals surface area contributed by atoms with Crippen LogP contribution in [0.3, 0.4) is 0 Å². The molecule has 1 unspecified atom stereocenters. The summed E-state index contributed by atoms with van der Waals surface area (Å²) in [5.41, 5.74) is 2.02. The summed E-state index contributed by atoms with van der Waals surface area (Å²) in [6.07, 6.45) is 1.23. The number of rotatable bonds is 5. The topological polar surface area (TPSA) is 66.5 Å². The summed E-state index contributed by atoms with van der Waals surface area (Å²) in [5, 5.41) is 3.38. The van der Waals surface area contributed by atoms with Crippen molar-refractivity contribution in [3.63, 3.8) is 0 Å². The van der Waals surface area contributed by atoms with E-state index in [0.717, 1.165) is 5.56 Å². The molecule has 0 bridgehead atoms. The molecule has 150 valence electrons. The third-order valence-corrected chi connectivity index (χ3v) is 7.07. The van der Waals surface area contributed by atoms with Crippen LogP contribution in [0.5, 0.6) is 0 Å². The van der Waals surface area contributed by atoms with Crippen LogP contribution in [0.4, 0.5) is 10.1 Å². The van der Waals surface area contributed by atoms with E-state index in [9.17, 15) is 17.6 Å². The highest BCUT2D eigenvalue weighted by atomic mass is 35.5. The third-order valence-electron chi connectivity index (χ3n) is 4.85. The molecule has 0 spiro atoms. The van der Waals surface area contributed by atoms with E-state index in [-0.39, 0.29) is 18.2 Å². The maximum absolute atomic E-state index is 13.0. The van der Waals surface area contributed by atoms with Gasteiger partial charge >= 0.3 is 0 Å². The van der Waals surface area contributed by atoms with Crippen molar-refractivity contribution in [1.29, 1.82) is 0 Å². The van der Waals surface area contributed by atoms with Gasteiger partial charge in [-0.3, -0.25) is 4.79 Å². The Kier molecular flexibility index (Phi) is 6.37. The Labute approximate surface area is 169 Å². The molecule has 1 amide bonds. The number of halogens is 2. The smallest absolute Gasteiger partial charge is 0.228 e. The van der Waals surface area contributed by atoms with E-state index in [2.05, 4.69) is 5.32 Å².